The predicted octanol–water partition coefficient (Wildman–Crippen LogP) is 5.05. The fraction of sp³-hybridized carbons (Fsp3) is 0.105. The van der Waals surface area contributed by atoms with Crippen molar-refractivity contribution >= 4 is 5.69 Å². The molecule has 1 aromatic heterocycles. The van der Waals surface area contributed by atoms with E-state index in [0.717, 1.165) is 23.4 Å². The van der Waals surface area contributed by atoms with Gasteiger partial charge in [0.05, 0.1) is 5.69 Å². The molecule has 0 aliphatic heterocycles. The van der Waals surface area contributed by atoms with Crippen LogP contribution in [0, 0.1) is 11.8 Å². The number of aryl methyl sites for hydroxylation is 1. The van der Waals surface area contributed by atoms with Gasteiger partial charge in [0, 0.05) is 11.3 Å². The smallest absolute Gasteiger partial charge is 0.108 e. The highest BCUT2D eigenvalue weighted by Crippen LogP contribution is 2.23. The summed E-state index contributed by atoms with van der Waals surface area (Å²) in [6.07, 6.45) is 0.880. The maximum absolute atomic E-state index is 10.5. The molecule has 0 aliphatic carbocycles. The van der Waals surface area contributed by atoms with E-state index < -0.39 is 0 Å². The molecule has 0 amide bonds. The molecule has 3 rings (SSSR count). The van der Waals surface area contributed by atoms with Crippen LogP contribution in [0.2, 0.25) is 0 Å². The lowest BCUT2D eigenvalue weighted by molar-refractivity contribution is 1.12. The van der Waals surface area contributed by atoms with Crippen LogP contribution in [0.1, 0.15) is 16.8 Å². The lowest BCUT2D eigenvalue weighted by atomic mass is 10.0. The minimum atomic E-state index is 0.431. The van der Waals surface area contributed by atoms with E-state index in [0.29, 0.717) is 5.69 Å². The fourth-order valence-electron chi connectivity index (χ4n) is 2.51. The highest BCUT2D eigenvalue weighted by atomic mass is 16.3. The van der Waals surface area contributed by atoms with Gasteiger partial charge < -0.3 is 0 Å². The molecule has 0 spiro atoms. The molecule has 0 saturated carbocycles. The van der Waals surface area contributed by atoms with Gasteiger partial charge in [-0.1, -0.05) is 42.5 Å². The Morgan fingerprint density at radius 1 is 0.909 bits per heavy atom. The molecule has 3 heteroatoms. The van der Waals surface area contributed by atoms with E-state index in [-0.39, 0.29) is 0 Å². The van der Waals surface area contributed by atoms with E-state index >= 15 is 0 Å². The molecule has 0 atom stereocenters. The molecule has 0 radical (unpaired) electrons. The molecule has 0 N–H and O–H groups in total. The van der Waals surface area contributed by atoms with E-state index in [9.17, 15) is 4.91 Å². The normalized spacial score (nSPS) is 10.4. The summed E-state index contributed by atoms with van der Waals surface area (Å²) in [5.41, 5.74) is 5.83. The number of hydrogen-bond donors (Lipinski definition) is 0. The maximum Gasteiger partial charge on any atom is 0.108 e. The summed E-state index contributed by atoms with van der Waals surface area (Å²) in [4.78, 5) is 15.1. The van der Waals surface area contributed by atoms with Crippen molar-refractivity contribution in [1.29, 1.82) is 0 Å². The Balaban J connectivity index is 1.93. The Bertz CT molecular complexity index is 780. The largest absolute Gasteiger partial charge is 0.253 e. The van der Waals surface area contributed by atoms with Crippen LogP contribution < -0.4 is 0 Å². The second kappa shape index (κ2) is 6.31. The Labute approximate surface area is 129 Å². The number of aromatic nitrogens is 1. The van der Waals surface area contributed by atoms with Crippen LogP contribution in [-0.2, 0) is 6.42 Å². The van der Waals surface area contributed by atoms with Gasteiger partial charge in [0.2, 0.25) is 0 Å². The van der Waals surface area contributed by atoms with Crippen molar-refractivity contribution in [3.8, 4) is 11.3 Å². The van der Waals surface area contributed by atoms with Crippen LogP contribution in [0.5, 0.6) is 0 Å². The zero-order chi connectivity index (χ0) is 15.4. The van der Waals surface area contributed by atoms with Gasteiger partial charge in [-0.3, -0.25) is 4.98 Å². The van der Waals surface area contributed by atoms with E-state index in [4.69, 9.17) is 0 Å². The lowest BCUT2D eigenvalue weighted by Crippen LogP contribution is -1.94. The maximum atomic E-state index is 10.5. The fourth-order valence-corrected chi connectivity index (χ4v) is 2.51. The number of rotatable bonds is 4. The van der Waals surface area contributed by atoms with Crippen molar-refractivity contribution in [1.82, 2.24) is 4.98 Å². The first-order chi connectivity index (χ1) is 10.7. The van der Waals surface area contributed by atoms with Crippen LogP contribution in [0.15, 0.2) is 71.9 Å². The van der Waals surface area contributed by atoms with Gasteiger partial charge in [0.15, 0.2) is 0 Å². The molecule has 2 aromatic carbocycles. The van der Waals surface area contributed by atoms with E-state index in [1.165, 1.54) is 11.1 Å². The molecular weight excluding hydrogens is 272 g/mol. The molecular formula is C19H16N2O. The molecule has 108 valence electrons. The molecule has 1 heterocycles. The van der Waals surface area contributed by atoms with Crippen molar-refractivity contribution in [3.05, 3.63) is 88.5 Å². The second-order valence-electron chi connectivity index (χ2n) is 5.30. The Morgan fingerprint density at radius 2 is 1.64 bits per heavy atom. The Hall–Kier alpha value is -2.81. The summed E-state index contributed by atoms with van der Waals surface area (Å²) < 4.78 is 0. The summed E-state index contributed by atoms with van der Waals surface area (Å²) in [6.45, 7) is 2.00. The SMILES string of the molecule is Cc1cc(Cc2ccccc2)cc(-c2ccc(N=O)cc2)n1. The number of hydrogen-bond acceptors (Lipinski definition) is 3. The third-order valence-corrected chi connectivity index (χ3v) is 3.53. The number of pyridine rings is 1. The second-order valence-corrected chi connectivity index (χ2v) is 5.30. The van der Waals surface area contributed by atoms with Gasteiger partial charge in [-0.2, -0.15) is 0 Å². The molecule has 0 aliphatic rings. The lowest BCUT2D eigenvalue weighted by Gasteiger charge is -2.08. The van der Waals surface area contributed by atoms with Gasteiger partial charge in [0.25, 0.3) is 0 Å². The summed E-state index contributed by atoms with van der Waals surface area (Å²) in [6, 6.07) is 21.8. The molecule has 22 heavy (non-hydrogen) atoms. The summed E-state index contributed by atoms with van der Waals surface area (Å²) in [5.74, 6) is 0. The van der Waals surface area contributed by atoms with Gasteiger partial charge >= 0.3 is 0 Å². The average molecular weight is 288 g/mol. The molecule has 3 nitrogen and oxygen atoms in total. The minimum Gasteiger partial charge on any atom is -0.253 e. The van der Waals surface area contributed by atoms with Crippen molar-refractivity contribution in [3.63, 3.8) is 0 Å². The monoisotopic (exact) mass is 288 g/mol. The Kier molecular flexibility index (Phi) is 4.05. The standard InChI is InChI=1S/C19H16N2O/c1-14-11-16(12-15-5-3-2-4-6-15)13-19(20-14)17-7-9-18(21-22)10-8-17/h2-11,13H,12H2,1H3. The van der Waals surface area contributed by atoms with Crippen LogP contribution in [0.4, 0.5) is 5.69 Å². The molecule has 0 saturated heterocycles. The van der Waals surface area contributed by atoms with Crippen LogP contribution in [-0.4, -0.2) is 4.98 Å². The zero-order valence-electron chi connectivity index (χ0n) is 12.4. The highest BCUT2D eigenvalue weighted by molar-refractivity contribution is 5.62. The van der Waals surface area contributed by atoms with Crippen LogP contribution in [0.3, 0.4) is 0 Å². The third kappa shape index (κ3) is 3.26. The van der Waals surface area contributed by atoms with Gasteiger partial charge in [-0.15, -0.1) is 4.91 Å². The van der Waals surface area contributed by atoms with Crippen molar-refractivity contribution < 1.29 is 0 Å². The summed E-state index contributed by atoms with van der Waals surface area (Å²) in [7, 11) is 0. The number of nitroso groups, excluding NO2 is 1. The van der Waals surface area contributed by atoms with Crippen LogP contribution >= 0.6 is 0 Å². The average Bonchev–Trinajstić information content (AvgIpc) is 2.55. The van der Waals surface area contributed by atoms with Gasteiger partial charge in [-0.25, -0.2) is 0 Å². The van der Waals surface area contributed by atoms with Crippen molar-refractivity contribution in [2.45, 2.75) is 13.3 Å². The topological polar surface area (TPSA) is 42.3 Å². The van der Waals surface area contributed by atoms with E-state index in [2.05, 4.69) is 46.6 Å². The first-order valence-corrected chi connectivity index (χ1v) is 7.20. The summed E-state index contributed by atoms with van der Waals surface area (Å²) >= 11 is 0. The number of nitrogens with zero attached hydrogens (tertiary/aromatic N) is 2. The molecule has 0 fully saturated rings. The van der Waals surface area contributed by atoms with Gasteiger partial charge in [-0.05, 0) is 53.9 Å². The van der Waals surface area contributed by atoms with Crippen molar-refractivity contribution in [2.75, 3.05) is 0 Å². The molecule has 3 aromatic rings. The number of benzene rings is 2. The molecule has 0 bridgehead atoms. The van der Waals surface area contributed by atoms with Crippen molar-refractivity contribution in [2.24, 2.45) is 5.18 Å². The zero-order valence-corrected chi connectivity index (χ0v) is 12.4. The highest BCUT2D eigenvalue weighted by Gasteiger charge is 2.05. The van der Waals surface area contributed by atoms with E-state index in [1.807, 2.05) is 25.1 Å². The minimum absolute atomic E-state index is 0.431. The van der Waals surface area contributed by atoms with E-state index in [1.54, 1.807) is 12.1 Å². The third-order valence-electron chi connectivity index (χ3n) is 3.53. The predicted molar refractivity (Wildman–Crippen MR) is 89.1 cm³/mol. The van der Waals surface area contributed by atoms with Crippen LogP contribution in [0.25, 0.3) is 11.3 Å². The Morgan fingerprint density at radius 3 is 2.32 bits per heavy atom. The van der Waals surface area contributed by atoms with Gasteiger partial charge in [0.1, 0.15) is 5.69 Å². The quantitative estimate of drug-likeness (QED) is 0.631. The first-order valence-electron chi connectivity index (χ1n) is 7.20. The molecule has 0 unspecified atom stereocenters. The first kappa shape index (κ1) is 14.1. The summed E-state index contributed by atoms with van der Waals surface area (Å²) in [5, 5.41) is 2.93.